The number of rotatable bonds is 1. The van der Waals surface area contributed by atoms with Crippen molar-refractivity contribution in [3.8, 4) is 11.8 Å². The van der Waals surface area contributed by atoms with Crippen LogP contribution in [0.3, 0.4) is 0 Å². The van der Waals surface area contributed by atoms with Gasteiger partial charge in [-0.15, -0.1) is 5.92 Å². The van der Waals surface area contributed by atoms with Crippen LogP contribution in [0.1, 0.15) is 24.7 Å². The molecule has 0 aliphatic rings. The Bertz CT molecular complexity index is 293. The molecule has 3 nitrogen and oxygen atoms in total. The number of nitrogens with zero attached hydrogens (tertiary/aromatic N) is 1. The van der Waals surface area contributed by atoms with E-state index in [1.807, 2.05) is 0 Å². The summed E-state index contributed by atoms with van der Waals surface area (Å²) in [6.07, 6.45) is 0.657. The molecule has 0 unspecified atom stereocenters. The van der Waals surface area contributed by atoms with Gasteiger partial charge in [0.2, 0.25) is 5.89 Å². The van der Waals surface area contributed by atoms with Gasteiger partial charge in [0.25, 0.3) is 0 Å². The molecule has 0 aliphatic heterocycles. The van der Waals surface area contributed by atoms with Crippen LogP contribution in [0, 0.1) is 18.8 Å². The standard InChI is InChI=1S/C8H9NO2/c1-3-4-7(10)8-9-5-6(2)11-8/h5,7,10H,1-2H3/t7-/m0/s1. The van der Waals surface area contributed by atoms with Gasteiger partial charge in [-0.3, -0.25) is 0 Å². The molecule has 1 heterocycles. The van der Waals surface area contributed by atoms with Crippen molar-refractivity contribution in [3.63, 3.8) is 0 Å². The summed E-state index contributed by atoms with van der Waals surface area (Å²) in [6, 6.07) is 0. The van der Waals surface area contributed by atoms with E-state index in [-0.39, 0.29) is 5.89 Å². The second-order valence-corrected chi connectivity index (χ2v) is 2.11. The fourth-order valence-electron chi connectivity index (χ4n) is 0.697. The van der Waals surface area contributed by atoms with Gasteiger partial charge >= 0.3 is 0 Å². The van der Waals surface area contributed by atoms with Crippen LogP contribution in [0.25, 0.3) is 0 Å². The molecule has 0 aliphatic carbocycles. The van der Waals surface area contributed by atoms with Crippen molar-refractivity contribution >= 4 is 0 Å². The van der Waals surface area contributed by atoms with Crippen LogP contribution < -0.4 is 0 Å². The smallest absolute Gasteiger partial charge is 0.236 e. The lowest BCUT2D eigenvalue weighted by atomic mass is 10.3. The number of aromatic nitrogens is 1. The third-order valence-corrected chi connectivity index (χ3v) is 1.15. The van der Waals surface area contributed by atoms with E-state index in [0.29, 0.717) is 5.76 Å². The maximum Gasteiger partial charge on any atom is 0.236 e. The van der Waals surface area contributed by atoms with Crippen LogP contribution in [-0.4, -0.2) is 10.1 Å². The monoisotopic (exact) mass is 151 g/mol. The predicted octanol–water partition coefficient (Wildman–Crippen LogP) is 1.04. The number of hydrogen-bond donors (Lipinski definition) is 1. The first-order chi connectivity index (χ1) is 5.24. The summed E-state index contributed by atoms with van der Waals surface area (Å²) in [7, 11) is 0. The van der Waals surface area contributed by atoms with E-state index in [1.54, 1.807) is 20.0 Å². The van der Waals surface area contributed by atoms with E-state index in [2.05, 4.69) is 16.8 Å². The van der Waals surface area contributed by atoms with Gasteiger partial charge in [-0.1, -0.05) is 5.92 Å². The minimum Gasteiger partial charge on any atom is -0.442 e. The average molecular weight is 151 g/mol. The molecule has 0 amide bonds. The van der Waals surface area contributed by atoms with E-state index in [0.717, 1.165) is 0 Å². The second kappa shape index (κ2) is 3.22. The Morgan fingerprint density at radius 2 is 2.45 bits per heavy atom. The molecule has 1 rings (SSSR count). The van der Waals surface area contributed by atoms with Crippen molar-refractivity contribution in [3.05, 3.63) is 17.8 Å². The van der Waals surface area contributed by atoms with Crippen LogP contribution in [-0.2, 0) is 0 Å². The van der Waals surface area contributed by atoms with Crippen LogP contribution >= 0.6 is 0 Å². The molecule has 1 N–H and O–H groups in total. The predicted molar refractivity (Wildman–Crippen MR) is 39.6 cm³/mol. The Hall–Kier alpha value is -1.27. The molecular formula is C8H9NO2. The molecule has 0 fully saturated rings. The van der Waals surface area contributed by atoms with Crippen molar-refractivity contribution in [2.45, 2.75) is 20.0 Å². The first-order valence-corrected chi connectivity index (χ1v) is 3.26. The number of oxazole rings is 1. The number of aryl methyl sites for hydroxylation is 1. The molecule has 1 atom stereocenters. The van der Waals surface area contributed by atoms with Gasteiger partial charge in [-0.2, -0.15) is 0 Å². The third-order valence-electron chi connectivity index (χ3n) is 1.15. The lowest BCUT2D eigenvalue weighted by Gasteiger charge is -1.93. The summed E-state index contributed by atoms with van der Waals surface area (Å²) in [6.45, 7) is 3.42. The summed E-state index contributed by atoms with van der Waals surface area (Å²) >= 11 is 0. The summed E-state index contributed by atoms with van der Waals surface area (Å²) < 4.78 is 5.03. The Labute approximate surface area is 65.1 Å². The van der Waals surface area contributed by atoms with E-state index in [1.165, 1.54) is 0 Å². The molecule has 58 valence electrons. The van der Waals surface area contributed by atoms with Crippen molar-refractivity contribution in [2.24, 2.45) is 0 Å². The normalized spacial score (nSPS) is 11.9. The third kappa shape index (κ3) is 1.82. The summed E-state index contributed by atoms with van der Waals surface area (Å²) in [5.41, 5.74) is 0. The topological polar surface area (TPSA) is 46.3 Å². The minimum absolute atomic E-state index is 0.261. The molecule has 11 heavy (non-hydrogen) atoms. The summed E-state index contributed by atoms with van der Waals surface area (Å²) in [4.78, 5) is 3.82. The molecule has 3 heteroatoms. The van der Waals surface area contributed by atoms with Crippen LogP contribution in [0.15, 0.2) is 10.6 Å². The maximum absolute atomic E-state index is 9.20. The van der Waals surface area contributed by atoms with Crippen LogP contribution in [0.5, 0.6) is 0 Å². The second-order valence-electron chi connectivity index (χ2n) is 2.11. The fraction of sp³-hybridized carbons (Fsp3) is 0.375. The fourth-order valence-corrected chi connectivity index (χ4v) is 0.697. The molecular weight excluding hydrogens is 142 g/mol. The largest absolute Gasteiger partial charge is 0.442 e. The lowest BCUT2D eigenvalue weighted by molar-refractivity contribution is 0.197. The lowest BCUT2D eigenvalue weighted by Crippen LogP contribution is -1.92. The molecule has 0 spiro atoms. The highest BCUT2D eigenvalue weighted by atomic mass is 16.4. The van der Waals surface area contributed by atoms with E-state index in [4.69, 9.17) is 4.42 Å². The Kier molecular flexibility index (Phi) is 2.29. The Morgan fingerprint density at radius 3 is 2.91 bits per heavy atom. The Balaban J connectivity index is 2.81. The molecule has 0 saturated carbocycles. The van der Waals surface area contributed by atoms with E-state index in [9.17, 15) is 5.11 Å². The molecule has 0 saturated heterocycles. The van der Waals surface area contributed by atoms with Gasteiger partial charge in [-0.25, -0.2) is 4.98 Å². The highest BCUT2D eigenvalue weighted by molar-refractivity contribution is 5.09. The van der Waals surface area contributed by atoms with Gasteiger partial charge in [0.05, 0.1) is 6.20 Å². The summed E-state index contributed by atoms with van der Waals surface area (Å²) in [5, 5.41) is 9.20. The van der Waals surface area contributed by atoms with E-state index >= 15 is 0 Å². The zero-order valence-corrected chi connectivity index (χ0v) is 6.46. The van der Waals surface area contributed by atoms with Crippen molar-refractivity contribution in [1.82, 2.24) is 4.98 Å². The minimum atomic E-state index is -0.895. The molecule has 1 aromatic rings. The van der Waals surface area contributed by atoms with Crippen molar-refractivity contribution in [2.75, 3.05) is 0 Å². The first-order valence-electron chi connectivity index (χ1n) is 3.26. The van der Waals surface area contributed by atoms with Crippen LogP contribution in [0.2, 0.25) is 0 Å². The highest BCUT2D eigenvalue weighted by Gasteiger charge is 2.08. The Morgan fingerprint density at radius 1 is 1.73 bits per heavy atom. The zero-order chi connectivity index (χ0) is 8.27. The van der Waals surface area contributed by atoms with Crippen molar-refractivity contribution in [1.29, 1.82) is 0 Å². The van der Waals surface area contributed by atoms with Crippen LogP contribution in [0.4, 0.5) is 0 Å². The SMILES string of the molecule is CC#C[C@H](O)c1ncc(C)o1. The number of aliphatic hydroxyl groups is 1. The quantitative estimate of drug-likeness (QED) is 0.610. The molecule has 0 bridgehead atoms. The molecule has 1 aromatic heterocycles. The van der Waals surface area contributed by atoms with Gasteiger partial charge in [-0.05, 0) is 13.8 Å². The summed E-state index contributed by atoms with van der Waals surface area (Å²) in [5.74, 6) is 6.04. The van der Waals surface area contributed by atoms with Gasteiger partial charge in [0.1, 0.15) is 5.76 Å². The maximum atomic E-state index is 9.20. The zero-order valence-electron chi connectivity index (χ0n) is 6.46. The van der Waals surface area contributed by atoms with E-state index < -0.39 is 6.10 Å². The first kappa shape index (κ1) is 7.83. The van der Waals surface area contributed by atoms with Crippen molar-refractivity contribution < 1.29 is 9.52 Å². The molecule has 0 radical (unpaired) electrons. The highest BCUT2D eigenvalue weighted by Crippen LogP contribution is 2.10. The number of aliphatic hydroxyl groups excluding tert-OH is 1. The number of hydrogen-bond acceptors (Lipinski definition) is 3. The van der Waals surface area contributed by atoms with Gasteiger partial charge < -0.3 is 9.52 Å². The van der Waals surface area contributed by atoms with Gasteiger partial charge in [0.15, 0.2) is 6.10 Å². The average Bonchev–Trinajstić information content (AvgIpc) is 2.36. The van der Waals surface area contributed by atoms with Gasteiger partial charge in [0, 0.05) is 0 Å². The molecule has 0 aromatic carbocycles.